The van der Waals surface area contributed by atoms with Gasteiger partial charge in [0.2, 0.25) is 0 Å². The van der Waals surface area contributed by atoms with Gasteiger partial charge in [0.05, 0.1) is 11.8 Å². The maximum atomic E-state index is 11.8. The van der Waals surface area contributed by atoms with Gasteiger partial charge in [0.1, 0.15) is 12.4 Å². The predicted molar refractivity (Wildman–Crippen MR) is 99.9 cm³/mol. The minimum absolute atomic E-state index is 0.381. The Labute approximate surface area is 147 Å². The predicted octanol–water partition coefficient (Wildman–Crippen LogP) is 2.84. The Balaban J connectivity index is 1.91. The highest BCUT2D eigenvalue weighted by Crippen LogP contribution is 2.31. The third kappa shape index (κ3) is 3.80. The van der Waals surface area contributed by atoms with Crippen molar-refractivity contribution in [3.63, 3.8) is 0 Å². The number of fused-ring (bicyclic) bond motifs is 1. The fourth-order valence-electron chi connectivity index (χ4n) is 2.67. The molecule has 3 aromatic rings. The molecule has 3 heterocycles. The standard InChI is InChI=1S/C17H23N5O2Si/c1-25(2,3)7-6-24-11-22-5-4-13-15(12-8-20-21-9-12)14(16(18)23)10-19-17(13)22/h4-5,8-10H,6-7,11H2,1-3H3,(H2,18,23)(H,20,21). The Morgan fingerprint density at radius 3 is 2.80 bits per heavy atom. The van der Waals surface area contributed by atoms with Crippen molar-refractivity contribution >= 4 is 25.0 Å². The number of primary amides is 1. The summed E-state index contributed by atoms with van der Waals surface area (Å²) in [5, 5.41) is 7.60. The van der Waals surface area contributed by atoms with E-state index in [1.165, 1.54) is 6.20 Å². The summed E-state index contributed by atoms with van der Waals surface area (Å²) in [4.78, 5) is 16.2. The number of rotatable bonds is 7. The van der Waals surface area contributed by atoms with E-state index in [-0.39, 0.29) is 0 Å². The van der Waals surface area contributed by atoms with Crippen LogP contribution in [0.1, 0.15) is 10.4 Å². The largest absolute Gasteiger partial charge is 0.366 e. The van der Waals surface area contributed by atoms with Crippen molar-refractivity contribution in [3.05, 3.63) is 36.4 Å². The van der Waals surface area contributed by atoms with Crippen LogP contribution in [0.5, 0.6) is 0 Å². The number of hydrogen-bond acceptors (Lipinski definition) is 4. The molecule has 25 heavy (non-hydrogen) atoms. The Kier molecular flexibility index (Phi) is 4.73. The van der Waals surface area contributed by atoms with Gasteiger partial charge in [-0.2, -0.15) is 5.10 Å². The molecule has 3 N–H and O–H groups in total. The van der Waals surface area contributed by atoms with Gasteiger partial charge in [-0.25, -0.2) is 4.98 Å². The molecule has 0 bridgehead atoms. The van der Waals surface area contributed by atoms with E-state index in [1.807, 2.05) is 16.8 Å². The van der Waals surface area contributed by atoms with Crippen LogP contribution in [0.15, 0.2) is 30.9 Å². The van der Waals surface area contributed by atoms with Gasteiger partial charge in [-0.15, -0.1) is 0 Å². The average Bonchev–Trinajstić information content (AvgIpc) is 3.19. The molecule has 3 aromatic heterocycles. The lowest BCUT2D eigenvalue weighted by Gasteiger charge is -2.15. The molecule has 0 unspecified atom stereocenters. The topological polar surface area (TPSA) is 98.8 Å². The Morgan fingerprint density at radius 2 is 2.16 bits per heavy atom. The van der Waals surface area contributed by atoms with Gasteiger partial charge in [0.25, 0.3) is 5.91 Å². The van der Waals surface area contributed by atoms with E-state index in [0.717, 1.165) is 34.8 Å². The summed E-state index contributed by atoms with van der Waals surface area (Å²) in [5.74, 6) is -0.510. The van der Waals surface area contributed by atoms with Crippen LogP contribution in [0.25, 0.3) is 22.2 Å². The molecule has 0 fully saturated rings. The van der Waals surface area contributed by atoms with Crippen molar-refractivity contribution in [2.45, 2.75) is 32.4 Å². The number of nitrogens with zero attached hydrogens (tertiary/aromatic N) is 3. The number of aromatic amines is 1. The van der Waals surface area contributed by atoms with Gasteiger partial charge in [-0.05, 0) is 12.1 Å². The fourth-order valence-corrected chi connectivity index (χ4v) is 3.43. The lowest BCUT2D eigenvalue weighted by molar-refractivity contribution is 0.0899. The van der Waals surface area contributed by atoms with Crippen molar-refractivity contribution in [3.8, 4) is 11.1 Å². The molecule has 0 aliphatic rings. The number of nitrogens with two attached hydrogens (primary N) is 1. The third-order valence-corrected chi connectivity index (χ3v) is 5.77. The van der Waals surface area contributed by atoms with Crippen LogP contribution in [-0.2, 0) is 11.5 Å². The van der Waals surface area contributed by atoms with Crippen LogP contribution in [-0.4, -0.2) is 40.3 Å². The van der Waals surface area contributed by atoms with Gasteiger partial charge in [-0.3, -0.25) is 9.89 Å². The quantitative estimate of drug-likeness (QED) is 0.502. The molecule has 1 amide bonds. The number of amides is 1. The lowest BCUT2D eigenvalue weighted by Crippen LogP contribution is -2.22. The fraction of sp³-hybridized carbons (Fsp3) is 0.353. The van der Waals surface area contributed by atoms with E-state index in [2.05, 4.69) is 34.8 Å². The first-order chi connectivity index (χ1) is 11.9. The highest BCUT2D eigenvalue weighted by molar-refractivity contribution is 6.76. The molecule has 0 aliphatic carbocycles. The summed E-state index contributed by atoms with van der Waals surface area (Å²) in [6.07, 6.45) is 6.85. The molecule has 132 valence electrons. The minimum Gasteiger partial charge on any atom is -0.366 e. The zero-order valence-electron chi connectivity index (χ0n) is 14.7. The molecular formula is C17H23N5O2Si. The number of ether oxygens (including phenoxy) is 1. The number of H-pyrrole nitrogens is 1. The van der Waals surface area contributed by atoms with E-state index in [0.29, 0.717) is 12.3 Å². The molecule has 7 nitrogen and oxygen atoms in total. The lowest BCUT2D eigenvalue weighted by atomic mass is 10.0. The van der Waals surface area contributed by atoms with Gasteiger partial charge < -0.3 is 15.0 Å². The van der Waals surface area contributed by atoms with Crippen LogP contribution in [0.2, 0.25) is 25.7 Å². The van der Waals surface area contributed by atoms with Crippen LogP contribution < -0.4 is 5.73 Å². The van der Waals surface area contributed by atoms with E-state index in [1.54, 1.807) is 12.4 Å². The van der Waals surface area contributed by atoms with E-state index in [4.69, 9.17) is 10.5 Å². The molecule has 0 aromatic carbocycles. The molecule has 0 atom stereocenters. The van der Waals surface area contributed by atoms with E-state index < -0.39 is 14.0 Å². The Bertz CT molecular complexity index is 880. The number of hydrogen-bond donors (Lipinski definition) is 2. The Hall–Kier alpha value is -2.45. The second-order valence-electron chi connectivity index (χ2n) is 7.27. The minimum atomic E-state index is -1.11. The van der Waals surface area contributed by atoms with Crippen molar-refractivity contribution in [1.29, 1.82) is 0 Å². The molecule has 0 aliphatic heterocycles. The zero-order chi connectivity index (χ0) is 18.0. The molecule has 3 rings (SSSR count). The van der Waals surface area contributed by atoms with Crippen molar-refractivity contribution < 1.29 is 9.53 Å². The molecule has 8 heteroatoms. The van der Waals surface area contributed by atoms with Gasteiger partial charge in [0.15, 0.2) is 0 Å². The highest BCUT2D eigenvalue weighted by atomic mass is 28.3. The number of nitrogens with one attached hydrogen (secondary N) is 1. The van der Waals surface area contributed by atoms with Crippen LogP contribution in [0, 0.1) is 0 Å². The summed E-state index contributed by atoms with van der Waals surface area (Å²) >= 11 is 0. The molecule has 0 saturated carbocycles. The summed E-state index contributed by atoms with van der Waals surface area (Å²) in [6, 6.07) is 3.05. The van der Waals surface area contributed by atoms with Crippen LogP contribution >= 0.6 is 0 Å². The second-order valence-corrected chi connectivity index (χ2v) is 12.9. The van der Waals surface area contributed by atoms with Crippen LogP contribution in [0.3, 0.4) is 0 Å². The molecule has 0 radical (unpaired) electrons. The molecule has 0 saturated heterocycles. The molecular weight excluding hydrogens is 334 g/mol. The summed E-state index contributed by atoms with van der Waals surface area (Å²) < 4.78 is 7.76. The maximum absolute atomic E-state index is 11.8. The van der Waals surface area contributed by atoms with E-state index >= 15 is 0 Å². The molecule has 0 spiro atoms. The summed E-state index contributed by atoms with van der Waals surface area (Å²) in [6.45, 7) is 8.15. The second kappa shape index (κ2) is 6.81. The Morgan fingerprint density at radius 1 is 1.36 bits per heavy atom. The monoisotopic (exact) mass is 357 g/mol. The smallest absolute Gasteiger partial charge is 0.250 e. The first-order valence-electron chi connectivity index (χ1n) is 8.21. The number of aromatic nitrogens is 4. The number of carbonyl (C=O) groups excluding carboxylic acids is 1. The summed E-state index contributed by atoms with van der Waals surface area (Å²) in [7, 11) is -1.11. The van der Waals surface area contributed by atoms with E-state index in [9.17, 15) is 4.79 Å². The zero-order valence-corrected chi connectivity index (χ0v) is 15.7. The maximum Gasteiger partial charge on any atom is 0.250 e. The SMILES string of the molecule is C[Si](C)(C)CCOCn1ccc2c(-c3cn[nH]c3)c(C(N)=O)cnc21. The average molecular weight is 357 g/mol. The van der Waals surface area contributed by atoms with Gasteiger partial charge in [0, 0.05) is 49.8 Å². The normalized spacial score (nSPS) is 12.0. The summed E-state index contributed by atoms with van der Waals surface area (Å²) in [5.41, 5.74) is 8.21. The number of pyridine rings is 1. The number of carbonyl (C=O) groups is 1. The van der Waals surface area contributed by atoms with Crippen molar-refractivity contribution in [1.82, 2.24) is 19.7 Å². The highest BCUT2D eigenvalue weighted by Gasteiger charge is 2.18. The first-order valence-corrected chi connectivity index (χ1v) is 11.9. The van der Waals surface area contributed by atoms with Crippen molar-refractivity contribution in [2.75, 3.05) is 6.61 Å². The van der Waals surface area contributed by atoms with Crippen LogP contribution in [0.4, 0.5) is 0 Å². The first kappa shape index (κ1) is 17.4. The van der Waals surface area contributed by atoms with Crippen molar-refractivity contribution in [2.24, 2.45) is 5.73 Å². The van der Waals surface area contributed by atoms with Gasteiger partial charge in [-0.1, -0.05) is 19.6 Å². The third-order valence-electron chi connectivity index (χ3n) is 4.07. The van der Waals surface area contributed by atoms with Gasteiger partial charge >= 0.3 is 0 Å².